The van der Waals surface area contributed by atoms with Crippen molar-refractivity contribution in [1.82, 2.24) is 8.61 Å². The molecule has 0 aliphatic carbocycles. The van der Waals surface area contributed by atoms with Gasteiger partial charge in [0.05, 0.1) is 22.5 Å². The molecule has 0 amide bonds. The summed E-state index contributed by atoms with van der Waals surface area (Å²) >= 11 is 0. The summed E-state index contributed by atoms with van der Waals surface area (Å²) in [7, 11) is -6.24. The van der Waals surface area contributed by atoms with Crippen molar-refractivity contribution in [2.45, 2.75) is 23.6 Å². The SMILES string of the molecule is COC(=O)c1ccc(S(=O)(=O)N2CCN(S(=O)(=O)c3ccc(C)cc3)CC2)c(C)c1. The maximum absolute atomic E-state index is 13.1. The van der Waals surface area contributed by atoms with Crippen molar-refractivity contribution in [1.29, 1.82) is 0 Å². The second kappa shape index (κ2) is 8.46. The van der Waals surface area contributed by atoms with Gasteiger partial charge in [-0.2, -0.15) is 8.61 Å². The van der Waals surface area contributed by atoms with Gasteiger partial charge in [0, 0.05) is 26.2 Å². The van der Waals surface area contributed by atoms with Gasteiger partial charge in [0.15, 0.2) is 0 Å². The van der Waals surface area contributed by atoms with Gasteiger partial charge in [-0.05, 0) is 49.7 Å². The van der Waals surface area contributed by atoms with Crippen LogP contribution in [0.4, 0.5) is 0 Å². The highest BCUT2D eigenvalue weighted by Gasteiger charge is 2.34. The lowest BCUT2D eigenvalue weighted by Crippen LogP contribution is -2.50. The van der Waals surface area contributed by atoms with Crippen molar-refractivity contribution < 1.29 is 26.4 Å². The van der Waals surface area contributed by atoms with Gasteiger partial charge in [0.25, 0.3) is 0 Å². The zero-order valence-electron chi connectivity index (χ0n) is 17.0. The highest BCUT2D eigenvalue weighted by molar-refractivity contribution is 7.89. The molecule has 0 saturated carbocycles. The molecule has 0 bridgehead atoms. The van der Waals surface area contributed by atoms with Gasteiger partial charge < -0.3 is 4.74 Å². The molecule has 0 radical (unpaired) electrons. The minimum absolute atomic E-state index is 0.0472. The Kier molecular flexibility index (Phi) is 6.32. The minimum atomic E-state index is -3.82. The molecule has 1 aliphatic rings. The Hall–Kier alpha value is -2.27. The average Bonchev–Trinajstić information content (AvgIpc) is 2.73. The van der Waals surface area contributed by atoms with E-state index in [2.05, 4.69) is 4.74 Å². The standard InChI is InChI=1S/C20H24N2O6S2/c1-15-4-7-18(8-5-15)29(24,25)21-10-12-22(13-11-21)30(26,27)19-9-6-17(14-16(19)2)20(23)28-3/h4-9,14H,10-13H2,1-3H3. The van der Waals surface area contributed by atoms with Crippen LogP contribution in [0, 0.1) is 13.8 Å². The molecule has 1 fully saturated rings. The van der Waals surface area contributed by atoms with Gasteiger partial charge in [-0.3, -0.25) is 0 Å². The number of nitrogens with zero attached hydrogens (tertiary/aromatic N) is 2. The van der Waals surface area contributed by atoms with E-state index < -0.39 is 26.0 Å². The molecule has 3 rings (SSSR count). The number of hydrogen-bond donors (Lipinski definition) is 0. The van der Waals surface area contributed by atoms with Crippen molar-refractivity contribution >= 4 is 26.0 Å². The summed E-state index contributed by atoms with van der Waals surface area (Å²) in [4.78, 5) is 11.9. The maximum Gasteiger partial charge on any atom is 0.337 e. The molecule has 0 spiro atoms. The highest BCUT2D eigenvalue weighted by Crippen LogP contribution is 2.24. The monoisotopic (exact) mass is 452 g/mol. The summed E-state index contributed by atoms with van der Waals surface area (Å²) in [6.07, 6.45) is 0. The average molecular weight is 453 g/mol. The van der Waals surface area contributed by atoms with E-state index in [1.807, 2.05) is 6.92 Å². The lowest BCUT2D eigenvalue weighted by atomic mass is 10.1. The minimum Gasteiger partial charge on any atom is -0.465 e. The number of carbonyl (C=O) groups is 1. The summed E-state index contributed by atoms with van der Waals surface area (Å²) in [5.41, 5.74) is 1.65. The molecule has 0 N–H and O–H groups in total. The van der Waals surface area contributed by atoms with Crippen LogP contribution in [-0.2, 0) is 24.8 Å². The van der Waals surface area contributed by atoms with Crippen LogP contribution in [0.2, 0.25) is 0 Å². The summed E-state index contributed by atoms with van der Waals surface area (Å²) < 4.78 is 59.0. The van der Waals surface area contributed by atoms with Gasteiger partial charge in [-0.15, -0.1) is 0 Å². The van der Waals surface area contributed by atoms with Crippen LogP contribution in [-0.4, -0.2) is 64.7 Å². The molecular formula is C20H24N2O6S2. The molecule has 30 heavy (non-hydrogen) atoms. The van der Waals surface area contributed by atoms with E-state index in [-0.39, 0.29) is 41.5 Å². The van der Waals surface area contributed by atoms with Crippen molar-refractivity contribution in [3.63, 3.8) is 0 Å². The van der Waals surface area contributed by atoms with Gasteiger partial charge in [-0.1, -0.05) is 17.7 Å². The van der Waals surface area contributed by atoms with Crippen LogP contribution in [0.1, 0.15) is 21.5 Å². The molecule has 2 aromatic rings. The summed E-state index contributed by atoms with van der Waals surface area (Å²) in [5, 5.41) is 0. The molecule has 1 aliphatic heterocycles. The number of sulfonamides is 2. The molecule has 10 heteroatoms. The van der Waals surface area contributed by atoms with Crippen molar-refractivity contribution in [3.8, 4) is 0 Å². The summed E-state index contributed by atoms with van der Waals surface area (Å²) in [6, 6.07) is 10.8. The Morgan fingerprint density at radius 3 is 1.87 bits per heavy atom. The van der Waals surface area contributed by atoms with E-state index >= 15 is 0 Å². The number of aryl methyl sites for hydroxylation is 2. The second-order valence-electron chi connectivity index (χ2n) is 7.09. The Balaban J connectivity index is 1.77. The zero-order valence-corrected chi connectivity index (χ0v) is 18.7. The van der Waals surface area contributed by atoms with E-state index in [0.29, 0.717) is 5.56 Å². The van der Waals surface area contributed by atoms with Crippen LogP contribution in [0.5, 0.6) is 0 Å². The number of carbonyl (C=O) groups excluding carboxylic acids is 1. The van der Waals surface area contributed by atoms with Crippen LogP contribution >= 0.6 is 0 Å². The van der Waals surface area contributed by atoms with Gasteiger partial charge in [-0.25, -0.2) is 21.6 Å². The molecule has 0 atom stereocenters. The Bertz CT molecular complexity index is 1150. The van der Waals surface area contributed by atoms with Crippen LogP contribution < -0.4 is 0 Å². The lowest BCUT2D eigenvalue weighted by molar-refractivity contribution is 0.0600. The fourth-order valence-corrected chi connectivity index (χ4v) is 6.38. The topological polar surface area (TPSA) is 101 Å². The molecular weight excluding hydrogens is 428 g/mol. The number of methoxy groups -OCH3 is 1. The number of ether oxygens (including phenoxy) is 1. The largest absolute Gasteiger partial charge is 0.465 e. The first kappa shape index (κ1) is 22.4. The smallest absolute Gasteiger partial charge is 0.337 e. The number of rotatable bonds is 5. The fraction of sp³-hybridized carbons (Fsp3) is 0.350. The van der Waals surface area contributed by atoms with Crippen molar-refractivity contribution in [2.24, 2.45) is 0 Å². The molecule has 1 heterocycles. The molecule has 2 aromatic carbocycles. The van der Waals surface area contributed by atoms with E-state index in [1.54, 1.807) is 31.2 Å². The third kappa shape index (κ3) is 4.27. The molecule has 162 valence electrons. The quantitative estimate of drug-likeness (QED) is 0.641. The third-order valence-electron chi connectivity index (χ3n) is 5.07. The number of benzene rings is 2. The van der Waals surface area contributed by atoms with Crippen molar-refractivity contribution in [3.05, 3.63) is 59.2 Å². The van der Waals surface area contributed by atoms with Crippen LogP contribution in [0.25, 0.3) is 0 Å². The molecule has 1 saturated heterocycles. The highest BCUT2D eigenvalue weighted by atomic mass is 32.2. The predicted molar refractivity (Wildman–Crippen MR) is 111 cm³/mol. The molecule has 0 unspecified atom stereocenters. The summed E-state index contributed by atoms with van der Waals surface area (Å²) in [5.74, 6) is -0.544. The van der Waals surface area contributed by atoms with Gasteiger partial charge in [0.2, 0.25) is 20.0 Å². The summed E-state index contributed by atoms with van der Waals surface area (Å²) in [6.45, 7) is 3.71. The number of piperazine rings is 1. The Labute approximate surface area is 177 Å². The van der Waals surface area contributed by atoms with E-state index in [9.17, 15) is 21.6 Å². The van der Waals surface area contributed by atoms with E-state index in [4.69, 9.17) is 0 Å². The Morgan fingerprint density at radius 1 is 0.833 bits per heavy atom. The van der Waals surface area contributed by atoms with Gasteiger partial charge in [0.1, 0.15) is 0 Å². The number of esters is 1. The predicted octanol–water partition coefficient (Wildman–Crippen LogP) is 1.79. The Morgan fingerprint density at radius 2 is 1.37 bits per heavy atom. The van der Waals surface area contributed by atoms with Crippen molar-refractivity contribution in [2.75, 3.05) is 33.3 Å². The molecule has 0 aromatic heterocycles. The van der Waals surface area contributed by atoms with Gasteiger partial charge >= 0.3 is 5.97 Å². The lowest BCUT2D eigenvalue weighted by Gasteiger charge is -2.33. The fourth-order valence-electron chi connectivity index (χ4n) is 3.33. The first-order valence-corrected chi connectivity index (χ1v) is 12.2. The number of hydrogen-bond acceptors (Lipinski definition) is 6. The first-order chi connectivity index (χ1) is 14.1. The van der Waals surface area contributed by atoms with Crippen LogP contribution in [0.15, 0.2) is 52.3 Å². The van der Waals surface area contributed by atoms with Crippen LogP contribution in [0.3, 0.4) is 0 Å². The normalized spacial score (nSPS) is 16.4. The molecule has 8 nitrogen and oxygen atoms in total. The maximum atomic E-state index is 13.1. The zero-order chi connectivity index (χ0) is 22.1. The van der Waals surface area contributed by atoms with E-state index in [1.165, 1.54) is 33.9 Å². The second-order valence-corrected chi connectivity index (χ2v) is 10.9. The van der Waals surface area contributed by atoms with E-state index in [0.717, 1.165) is 5.56 Å². The third-order valence-corrected chi connectivity index (χ3v) is 9.04. The first-order valence-electron chi connectivity index (χ1n) is 9.33.